The van der Waals surface area contributed by atoms with E-state index in [0.717, 1.165) is 11.1 Å². The Morgan fingerprint density at radius 2 is 1.71 bits per heavy atom. The highest BCUT2D eigenvalue weighted by Crippen LogP contribution is 2.10. The lowest BCUT2D eigenvalue weighted by Gasteiger charge is -2.07. The van der Waals surface area contributed by atoms with E-state index in [1.165, 1.54) is 0 Å². The van der Waals surface area contributed by atoms with E-state index in [9.17, 15) is 8.42 Å². The van der Waals surface area contributed by atoms with Gasteiger partial charge in [0.2, 0.25) is 0 Å². The second-order valence-electron chi connectivity index (χ2n) is 4.47. The quantitative estimate of drug-likeness (QED) is 0.502. The summed E-state index contributed by atoms with van der Waals surface area (Å²) in [5, 5.41) is 4.47. The third-order valence-electron chi connectivity index (χ3n) is 2.87. The molecule has 0 fully saturated rings. The van der Waals surface area contributed by atoms with Crippen LogP contribution in [-0.4, -0.2) is 19.5 Å². The molecular weight excluding hydrogens is 352 g/mol. The number of alkyl halides is 1. The van der Waals surface area contributed by atoms with E-state index in [1.807, 2.05) is 37.3 Å². The molecular formula is C15H15BrN2O2S. The molecule has 2 rings (SSSR count). The van der Waals surface area contributed by atoms with Crippen LogP contribution in [-0.2, 0) is 10.0 Å². The Labute approximate surface area is 133 Å². The van der Waals surface area contributed by atoms with E-state index in [4.69, 9.17) is 0 Å². The van der Waals surface area contributed by atoms with Crippen LogP contribution in [0, 0.1) is 6.92 Å². The van der Waals surface area contributed by atoms with Gasteiger partial charge in [0.15, 0.2) is 0 Å². The van der Waals surface area contributed by atoms with E-state index in [-0.39, 0.29) is 4.90 Å². The number of benzene rings is 2. The molecule has 21 heavy (non-hydrogen) atoms. The van der Waals surface area contributed by atoms with Crippen molar-refractivity contribution in [2.24, 2.45) is 5.10 Å². The molecule has 0 atom stereocenters. The fourth-order valence-electron chi connectivity index (χ4n) is 1.69. The number of hydrogen-bond donors (Lipinski definition) is 1. The zero-order valence-corrected chi connectivity index (χ0v) is 13.9. The molecule has 0 heterocycles. The van der Waals surface area contributed by atoms with Crippen LogP contribution in [0.5, 0.6) is 0 Å². The Morgan fingerprint density at radius 1 is 1.10 bits per heavy atom. The molecule has 0 aliphatic heterocycles. The molecule has 0 aliphatic rings. The van der Waals surface area contributed by atoms with Crippen molar-refractivity contribution in [3.05, 3.63) is 65.7 Å². The van der Waals surface area contributed by atoms with Crippen molar-refractivity contribution >= 4 is 31.7 Å². The topological polar surface area (TPSA) is 58.5 Å². The highest BCUT2D eigenvalue weighted by Gasteiger charge is 2.13. The summed E-state index contributed by atoms with van der Waals surface area (Å²) in [6.45, 7) is 1.90. The first-order valence-corrected chi connectivity index (χ1v) is 8.90. The molecule has 0 saturated heterocycles. The zero-order chi connectivity index (χ0) is 15.3. The first kappa shape index (κ1) is 15.7. The Hall–Kier alpha value is -1.66. The summed E-state index contributed by atoms with van der Waals surface area (Å²) in [4.78, 5) is 2.47. The van der Waals surface area contributed by atoms with Crippen molar-refractivity contribution in [2.45, 2.75) is 11.8 Å². The van der Waals surface area contributed by atoms with Crippen LogP contribution < -0.4 is 4.83 Å². The van der Waals surface area contributed by atoms with E-state index in [0.29, 0.717) is 11.0 Å². The molecule has 0 spiro atoms. The number of hydrazone groups is 1. The SMILES string of the molecule is Cc1ccc(S(=O)(=O)N/N=C(\CBr)c2ccccc2)cc1. The van der Waals surface area contributed by atoms with Gasteiger partial charge in [-0.05, 0) is 24.6 Å². The Balaban J connectivity index is 2.24. The van der Waals surface area contributed by atoms with Gasteiger partial charge in [-0.15, -0.1) is 0 Å². The van der Waals surface area contributed by atoms with Crippen LogP contribution in [0.3, 0.4) is 0 Å². The largest absolute Gasteiger partial charge is 0.276 e. The predicted molar refractivity (Wildman–Crippen MR) is 88.3 cm³/mol. The van der Waals surface area contributed by atoms with Crippen molar-refractivity contribution in [3.8, 4) is 0 Å². The molecule has 1 N–H and O–H groups in total. The molecule has 0 saturated carbocycles. The van der Waals surface area contributed by atoms with Crippen LogP contribution in [0.2, 0.25) is 0 Å². The van der Waals surface area contributed by atoms with Crippen molar-refractivity contribution in [1.29, 1.82) is 0 Å². The Kier molecular flexibility index (Phi) is 5.14. The van der Waals surface area contributed by atoms with Crippen LogP contribution in [0.25, 0.3) is 0 Å². The molecule has 0 aliphatic carbocycles. The van der Waals surface area contributed by atoms with Gasteiger partial charge >= 0.3 is 0 Å². The minimum absolute atomic E-state index is 0.193. The van der Waals surface area contributed by atoms with Gasteiger partial charge in [-0.1, -0.05) is 64.0 Å². The van der Waals surface area contributed by atoms with Gasteiger partial charge in [0.1, 0.15) is 0 Å². The first-order valence-electron chi connectivity index (χ1n) is 6.29. The molecule has 110 valence electrons. The van der Waals surface area contributed by atoms with E-state index >= 15 is 0 Å². The highest BCUT2D eigenvalue weighted by molar-refractivity contribution is 9.09. The summed E-state index contributed by atoms with van der Waals surface area (Å²) < 4.78 is 24.3. The van der Waals surface area contributed by atoms with Crippen LogP contribution in [0.1, 0.15) is 11.1 Å². The maximum atomic E-state index is 12.2. The van der Waals surface area contributed by atoms with Crippen LogP contribution in [0.4, 0.5) is 0 Å². The van der Waals surface area contributed by atoms with Crippen molar-refractivity contribution in [2.75, 3.05) is 5.33 Å². The molecule has 2 aromatic carbocycles. The molecule has 0 aromatic heterocycles. The maximum Gasteiger partial charge on any atom is 0.276 e. The van der Waals surface area contributed by atoms with Gasteiger partial charge in [-0.25, -0.2) is 0 Å². The number of nitrogens with one attached hydrogen (secondary N) is 1. The van der Waals surface area contributed by atoms with Crippen molar-refractivity contribution < 1.29 is 8.42 Å². The lowest BCUT2D eigenvalue weighted by molar-refractivity contribution is 0.584. The van der Waals surface area contributed by atoms with Crippen LogP contribution in [0.15, 0.2) is 64.6 Å². The smallest absolute Gasteiger partial charge is 0.200 e. The average molecular weight is 367 g/mol. The number of aryl methyl sites for hydroxylation is 1. The van der Waals surface area contributed by atoms with E-state index in [2.05, 4.69) is 25.9 Å². The zero-order valence-electron chi connectivity index (χ0n) is 11.5. The minimum atomic E-state index is -3.65. The predicted octanol–water partition coefficient (Wildman–Crippen LogP) is 3.07. The molecule has 4 nitrogen and oxygen atoms in total. The second kappa shape index (κ2) is 6.87. The summed E-state index contributed by atoms with van der Waals surface area (Å²) in [5.41, 5.74) is 2.48. The van der Waals surface area contributed by atoms with Crippen molar-refractivity contribution in [1.82, 2.24) is 4.83 Å². The molecule has 0 radical (unpaired) electrons. The van der Waals surface area contributed by atoms with Gasteiger partial charge in [-0.2, -0.15) is 18.4 Å². The summed E-state index contributed by atoms with van der Waals surface area (Å²) in [7, 11) is -3.65. The summed E-state index contributed by atoms with van der Waals surface area (Å²) in [6.07, 6.45) is 0. The maximum absolute atomic E-state index is 12.2. The lowest BCUT2D eigenvalue weighted by atomic mass is 10.1. The molecule has 6 heteroatoms. The highest BCUT2D eigenvalue weighted by atomic mass is 79.9. The van der Waals surface area contributed by atoms with Gasteiger partial charge < -0.3 is 0 Å². The number of nitrogens with zero attached hydrogens (tertiary/aromatic N) is 1. The molecule has 0 unspecified atom stereocenters. The van der Waals surface area contributed by atoms with Crippen LogP contribution >= 0.6 is 15.9 Å². The van der Waals surface area contributed by atoms with Gasteiger partial charge in [0.05, 0.1) is 10.6 Å². The summed E-state index contributed by atoms with van der Waals surface area (Å²) in [6, 6.07) is 16.0. The number of halogens is 1. The average Bonchev–Trinajstić information content (AvgIpc) is 2.49. The van der Waals surface area contributed by atoms with Gasteiger partial charge in [0.25, 0.3) is 10.0 Å². The van der Waals surface area contributed by atoms with E-state index in [1.54, 1.807) is 24.3 Å². The fourth-order valence-corrected chi connectivity index (χ4v) is 2.97. The minimum Gasteiger partial charge on any atom is -0.200 e. The third-order valence-corrected chi connectivity index (χ3v) is 4.62. The molecule has 2 aromatic rings. The first-order chi connectivity index (χ1) is 10.0. The summed E-state index contributed by atoms with van der Waals surface area (Å²) >= 11 is 3.32. The fraction of sp³-hybridized carbons (Fsp3) is 0.133. The molecule has 0 bridgehead atoms. The number of hydrogen-bond acceptors (Lipinski definition) is 3. The third kappa shape index (κ3) is 4.15. The Morgan fingerprint density at radius 3 is 2.29 bits per heavy atom. The van der Waals surface area contributed by atoms with Gasteiger partial charge in [0, 0.05) is 5.33 Å². The van der Waals surface area contributed by atoms with E-state index < -0.39 is 10.0 Å². The Bertz CT molecular complexity index is 726. The molecule has 0 amide bonds. The number of sulfonamides is 1. The lowest BCUT2D eigenvalue weighted by Crippen LogP contribution is -2.21. The number of rotatable bonds is 5. The standard InChI is InChI=1S/C15H15BrN2O2S/c1-12-7-9-14(10-8-12)21(19,20)18-17-15(11-16)13-5-3-2-4-6-13/h2-10,18H,11H2,1H3/b17-15+. The normalized spacial score (nSPS) is 12.2. The second-order valence-corrected chi connectivity index (χ2v) is 6.69. The van der Waals surface area contributed by atoms with Crippen molar-refractivity contribution in [3.63, 3.8) is 0 Å². The monoisotopic (exact) mass is 366 g/mol. The van der Waals surface area contributed by atoms with Gasteiger partial charge in [-0.3, -0.25) is 0 Å². The summed E-state index contributed by atoms with van der Waals surface area (Å²) in [5.74, 6) is 0.